The Morgan fingerprint density at radius 1 is 0.394 bits per heavy atom. The SMILES string of the molecule is Cc1ccc(-c2ccc(-c3ccc(C)cc3)c3c2C=C(CC2CCCCC2)[CH]3[Zr]([CH3])([CH3])(=[SiH2])[CH]2C(CC3CCCCC3)=Cc3c(-c4ccc(C)cc4)ccc(-c4ccc(C)cc4)c32)cc1.Cl.Cl. The Labute approximate surface area is 412 Å². The summed E-state index contributed by atoms with van der Waals surface area (Å²) in [6.45, 7) is 11.5. The number of benzene rings is 6. The zero-order valence-electron chi connectivity index (χ0n) is 40.5. The summed E-state index contributed by atoms with van der Waals surface area (Å²) in [7, 11) is 0. The molecule has 2 saturated carbocycles. The van der Waals surface area contributed by atoms with E-state index in [4.69, 9.17) is 0 Å². The van der Waals surface area contributed by atoms with Gasteiger partial charge in [-0.25, -0.2) is 0 Å². The van der Waals surface area contributed by atoms with E-state index in [1.54, 1.807) is 22.3 Å². The molecule has 0 heterocycles. The largest absolute Gasteiger partial charge is 0.147 e. The van der Waals surface area contributed by atoms with Gasteiger partial charge in [0.25, 0.3) is 0 Å². The van der Waals surface area contributed by atoms with Crippen LogP contribution in [0.5, 0.6) is 0 Å². The molecule has 6 aromatic rings. The van der Waals surface area contributed by atoms with Gasteiger partial charge in [-0.15, -0.1) is 24.8 Å². The minimum Gasteiger partial charge on any atom is -0.147 e. The van der Waals surface area contributed by atoms with Gasteiger partial charge in [0.1, 0.15) is 0 Å². The summed E-state index contributed by atoms with van der Waals surface area (Å²) in [6.07, 6.45) is 21.9. The van der Waals surface area contributed by atoms with Gasteiger partial charge in [0.15, 0.2) is 0 Å². The van der Waals surface area contributed by atoms with E-state index in [2.05, 4.69) is 177 Å². The minimum atomic E-state index is -4.26. The average Bonchev–Trinajstić information content (AvgIpc) is 3.88. The third-order valence-electron chi connectivity index (χ3n) is 16.4. The molecule has 0 aromatic heterocycles. The molecule has 0 bridgehead atoms. The summed E-state index contributed by atoms with van der Waals surface area (Å²) in [5.74, 6) is 1.53. The maximum absolute atomic E-state index is 4.26. The van der Waals surface area contributed by atoms with Gasteiger partial charge in [-0.05, 0) is 0 Å². The van der Waals surface area contributed by atoms with E-state index >= 15 is 0 Å². The van der Waals surface area contributed by atoms with Crippen molar-refractivity contribution < 1.29 is 17.4 Å². The molecule has 2 unspecified atom stereocenters. The van der Waals surface area contributed by atoms with Crippen LogP contribution in [-0.4, -0.2) is 6.88 Å². The first-order chi connectivity index (χ1) is 30.9. The van der Waals surface area contributed by atoms with Gasteiger partial charge in [0.2, 0.25) is 0 Å². The van der Waals surface area contributed by atoms with Gasteiger partial charge in [-0.2, -0.15) is 0 Å². The van der Waals surface area contributed by atoms with Crippen LogP contribution in [0.4, 0.5) is 0 Å². The number of aryl methyl sites for hydroxylation is 4. The van der Waals surface area contributed by atoms with Crippen LogP contribution >= 0.6 is 24.8 Å². The molecular formula is C62H72Cl2SiZr. The van der Waals surface area contributed by atoms with Crippen LogP contribution in [0.2, 0.25) is 9.26 Å². The van der Waals surface area contributed by atoms with E-state index in [0.29, 0.717) is 7.25 Å². The molecule has 0 N–H and O–H groups in total. The van der Waals surface area contributed by atoms with Crippen molar-refractivity contribution in [2.24, 2.45) is 11.8 Å². The first-order valence-corrected chi connectivity index (χ1v) is 38.7. The van der Waals surface area contributed by atoms with Crippen LogP contribution in [0.3, 0.4) is 0 Å². The van der Waals surface area contributed by atoms with Gasteiger partial charge >= 0.3 is 391 Å². The Bertz CT molecular complexity index is 2640. The average molecular weight is 1010 g/mol. The normalized spacial score (nSPS) is 18.7. The van der Waals surface area contributed by atoms with Crippen LogP contribution < -0.4 is 0 Å². The van der Waals surface area contributed by atoms with Crippen LogP contribution in [-0.2, 0) is 17.4 Å². The van der Waals surface area contributed by atoms with E-state index in [1.165, 1.54) is 155 Å². The molecule has 6 aromatic carbocycles. The quantitative estimate of drug-likeness (QED) is 0.120. The van der Waals surface area contributed by atoms with Crippen molar-refractivity contribution in [1.29, 1.82) is 0 Å². The van der Waals surface area contributed by atoms with E-state index < -0.39 is 17.4 Å². The van der Waals surface area contributed by atoms with E-state index in [1.807, 2.05) is 0 Å². The second-order valence-electron chi connectivity index (χ2n) is 22.1. The van der Waals surface area contributed by atoms with Crippen molar-refractivity contribution in [2.75, 3.05) is 0 Å². The molecule has 0 amide bonds. The Kier molecular flexibility index (Phi) is 14.7. The number of hydrogen-bond donors (Lipinski definition) is 0. The number of allylic oxidation sites excluding steroid dienone is 2. The molecule has 2 atom stereocenters. The molecule has 0 saturated heterocycles. The van der Waals surface area contributed by atoms with Gasteiger partial charge in [0, 0.05) is 0 Å². The molecule has 0 spiro atoms. The Morgan fingerprint density at radius 3 is 0.970 bits per heavy atom. The van der Waals surface area contributed by atoms with Crippen molar-refractivity contribution in [3.05, 3.63) is 177 Å². The number of fused-ring (bicyclic) bond motifs is 2. The Morgan fingerprint density at radius 2 is 0.667 bits per heavy atom. The van der Waals surface area contributed by atoms with Gasteiger partial charge in [0.05, 0.1) is 0 Å². The maximum atomic E-state index is 2.94. The van der Waals surface area contributed by atoms with Crippen molar-refractivity contribution in [2.45, 2.75) is 121 Å². The standard InChI is InChI=1S/2C30H31.2CH3.2ClH.H2Si.Zr/c2*1-21-8-12-25(13-9-21)27-16-17-28(26-14-10-22(2)11-15-26)30-20-24(19-29(27)30)18-23-6-4-3-5-7-23;;;;;;/h2*8-17,19-20,23H,3-7,18H2,1-2H3;2*1H3;2*1H;1H2;. The summed E-state index contributed by atoms with van der Waals surface area (Å²) in [4.78, 5) is 0. The monoisotopic (exact) mass is 1000 g/mol. The van der Waals surface area contributed by atoms with Crippen LogP contribution in [0, 0.1) is 39.5 Å². The number of hydrogen-bond acceptors (Lipinski definition) is 0. The van der Waals surface area contributed by atoms with Crippen molar-refractivity contribution >= 4 is 43.8 Å². The van der Waals surface area contributed by atoms with Gasteiger partial charge in [-0.3, -0.25) is 0 Å². The molecule has 0 radical (unpaired) electrons. The summed E-state index contributed by atoms with van der Waals surface area (Å²) in [5.41, 5.74) is 26.3. The van der Waals surface area contributed by atoms with Gasteiger partial charge < -0.3 is 0 Å². The van der Waals surface area contributed by atoms with Crippen molar-refractivity contribution in [1.82, 2.24) is 0 Å². The molecule has 0 nitrogen and oxygen atoms in total. The van der Waals surface area contributed by atoms with Crippen molar-refractivity contribution in [3.8, 4) is 44.5 Å². The van der Waals surface area contributed by atoms with Crippen LogP contribution in [0.15, 0.2) is 132 Å². The summed E-state index contributed by atoms with van der Waals surface area (Å²) < 4.78 is 6.74. The molecule has 4 aliphatic carbocycles. The van der Waals surface area contributed by atoms with E-state index in [-0.39, 0.29) is 24.8 Å². The third-order valence-corrected chi connectivity index (χ3v) is 33.8. The first-order valence-electron chi connectivity index (χ1n) is 25.0. The van der Waals surface area contributed by atoms with Crippen LogP contribution in [0.1, 0.15) is 129 Å². The molecular weight excluding hydrogens is 935 g/mol. The number of halogens is 2. The predicted molar refractivity (Wildman–Crippen MR) is 292 cm³/mol. The summed E-state index contributed by atoms with van der Waals surface area (Å²) in [6, 6.07) is 47.9. The summed E-state index contributed by atoms with van der Waals surface area (Å²) >= 11 is -4.26. The molecule has 0 aliphatic heterocycles. The molecule has 10 rings (SSSR count). The zero-order valence-corrected chi connectivity index (χ0v) is 46.0. The molecule has 2 fully saturated rings. The Balaban J connectivity index is 0.00000296. The molecule has 342 valence electrons. The molecule has 4 heteroatoms. The number of rotatable bonds is 10. The van der Waals surface area contributed by atoms with E-state index in [0.717, 1.165) is 11.8 Å². The van der Waals surface area contributed by atoms with Gasteiger partial charge in [-0.1, -0.05) is 0 Å². The fraction of sp³-hybridized carbons (Fsp3) is 0.355. The smallest absolute Gasteiger partial charge is 0.147 e. The maximum Gasteiger partial charge on any atom is -0.147 e. The first kappa shape index (κ1) is 48.9. The van der Waals surface area contributed by atoms with Crippen molar-refractivity contribution in [3.63, 3.8) is 0 Å². The summed E-state index contributed by atoms with van der Waals surface area (Å²) in [5, 5.41) is 0. The van der Waals surface area contributed by atoms with E-state index in [9.17, 15) is 0 Å². The third kappa shape index (κ3) is 9.45. The topological polar surface area (TPSA) is 0 Å². The predicted octanol–water partition coefficient (Wildman–Crippen LogP) is 18.3. The fourth-order valence-electron chi connectivity index (χ4n) is 13.2. The Hall–Kier alpha value is -3.52. The molecule has 66 heavy (non-hydrogen) atoms. The minimum absolute atomic E-state index is 0. The second-order valence-corrected chi connectivity index (χ2v) is 52.6. The fourth-order valence-corrected chi connectivity index (χ4v) is 32.7. The molecule has 4 aliphatic rings. The van der Waals surface area contributed by atoms with Crippen LogP contribution in [0.25, 0.3) is 56.7 Å². The zero-order chi connectivity index (χ0) is 44.2. The second kappa shape index (κ2) is 19.8.